The van der Waals surface area contributed by atoms with Crippen molar-refractivity contribution in [2.45, 2.75) is 82.4 Å². The Labute approximate surface area is 274 Å². The predicted octanol–water partition coefficient (Wildman–Crippen LogP) is 3.62. The number of amides is 2. The number of pyridine rings is 1. The number of phenols is 1. The van der Waals surface area contributed by atoms with Crippen molar-refractivity contribution in [1.29, 1.82) is 0 Å². The average molecular weight is 645 g/mol. The van der Waals surface area contributed by atoms with Crippen molar-refractivity contribution in [1.82, 2.24) is 15.2 Å². The van der Waals surface area contributed by atoms with Crippen LogP contribution in [0, 0.1) is 17.8 Å². The minimum atomic E-state index is -2.10. The fourth-order valence-electron chi connectivity index (χ4n) is 8.51. The van der Waals surface area contributed by atoms with Gasteiger partial charge in [0, 0.05) is 42.4 Å². The van der Waals surface area contributed by atoms with Gasteiger partial charge in [-0.1, -0.05) is 38.2 Å². The van der Waals surface area contributed by atoms with Crippen LogP contribution < -0.4 is 11.1 Å². The number of hydrogen-bond donors (Lipinski definition) is 6. The highest BCUT2D eigenvalue weighted by atomic mass is 16.3. The second-order valence-electron chi connectivity index (χ2n) is 13.9. The average Bonchev–Trinajstić information content (AvgIpc) is 3.05. The standard InChI is InChI=1S/C36H44N4O7/c1-40(2)29-26-15-22-14-24-20(11-10-19-7-4-3-5-8-19)13-23(18-39-35(46)21-9-6-12-38-17-21)30(41)28(24)32(43)27(22)33(44)36(26,47)16-25(31(29)42)34(37)45/h6,9,12-13,17,19,22,26,29,41-43,47H,3-5,7-8,10-11,14-16,18H2,1-2H3,(H2,37,45)(H,39,46). The molecule has 7 N–H and O–H groups in total. The number of ketones is 1. The fraction of sp³-hybridized carbons (Fsp3) is 0.500. The van der Waals surface area contributed by atoms with Crippen LogP contribution in [0.4, 0.5) is 0 Å². The van der Waals surface area contributed by atoms with Crippen LogP contribution >= 0.6 is 0 Å². The van der Waals surface area contributed by atoms with E-state index in [4.69, 9.17) is 5.73 Å². The number of phenolic OH excluding ortho intramolecular Hbond substituents is 1. The zero-order chi connectivity index (χ0) is 33.6. The van der Waals surface area contributed by atoms with Crippen LogP contribution in [0.1, 0.15) is 84.0 Å². The molecule has 4 aliphatic rings. The first kappa shape index (κ1) is 32.7. The Balaban J connectivity index is 1.41. The van der Waals surface area contributed by atoms with E-state index in [2.05, 4.69) is 10.3 Å². The third-order valence-corrected chi connectivity index (χ3v) is 10.9. The number of carbonyl (C=O) groups is 3. The van der Waals surface area contributed by atoms with Gasteiger partial charge in [0.15, 0.2) is 5.78 Å². The van der Waals surface area contributed by atoms with Gasteiger partial charge >= 0.3 is 0 Å². The molecule has 2 fully saturated rings. The molecule has 0 radical (unpaired) electrons. The molecule has 4 aliphatic carbocycles. The molecular formula is C36H44N4O7. The van der Waals surface area contributed by atoms with E-state index in [-0.39, 0.29) is 47.1 Å². The van der Waals surface area contributed by atoms with Crippen molar-refractivity contribution in [3.8, 4) is 5.75 Å². The predicted molar refractivity (Wildman–Crippen MR) is 174 cm³/mol. The number of benzene rings is 1. The summed E-state index contributed by atoms with van der Waals surface area (Å²) in [4.78, 5) is 45.1. The Morgan fingerprint density at radius 1 is 1.13 bits per heavy atom. The first-order chi connectivity index (χ1) is 22.4. The number of Topliss-reactive ketones (excluding diaryl/α,β-unsaturated/α-hetero) is 1. The molecule has 1 aromatic heterocycles. The maximum atomic E-state index is 14.3. The number of aryl methyl sites for hydroxylation is 1. The van der Waals surface area contributed by atoms with Gasteiger partial charge in [-0.2, -0.15) is 0 Å². The Kier molecular flexibility index (Phi) is 8.88. The highest BCUT2D eigenvalue weighted by Crippen LogP contribution is 2.53. The van der Waals surface area contributed by atoms with Gasteiger partial charge in [-0.3, -0.25) is 24.3 Å². The molecule has 1 heterocycles. The van der Waals surface area contributed by atoms with E-state index in [9.17, 15) is 34.8 Å². The highest BCUT2D eigenvalue weighted by molar-refractivity contribution is 6.10. The molecule has 0 bridgehead atoms. The molecule has 11 heteroatoms. The van der Waals surface area contributed by atoms with E-state index in [0.717, 1.165) is 30.4 Å². The zero-order valence-corrected chi connectivity index (χ0v) is 27.0. The third kappa shape index (κ3) is 5.80. The quantitative estimate of drug-likeness (QED) is 0.250. The number of aliphatic hydroxyl groups excluding tert-OH is 2. The molecule has 2 amide bonds. The molecule has 250 valence electrons. The van der Waals surface area contributed by atoms with Crippen LogP contribution in [0.2, 0.25) is 0 Å². The summed E-state index contributed by atoms with van der Waals surface area (Å²) < 4.78 is 0. The normalized spacial score (nSPS) is 26.1. The molecule has 0 saturated heterocycles. The summed E-state index contributed by atoms with van der Waals surface area (Å²) in [5.74, 6) is -3.59. The number of nitrogens with zero attached hydrogens (tertiary/aromatic N) is 2. The third-order valence-electron chi connectivity index (χ3n) is 10.9. The first-order valence-electron chi connectivity index (χ1n) is 16.6. The Morgan fingerprint density at radius 3 is 2.53 bits per heavy atom. The van der Waals surface area contributed by atoms with Crippen LogP contribution in [0.15, 0.2) is 47.5 Å². The number of rotatable bonds is 8. The van der Waals surface area contributed by atoms with Gasteiger partial charge in [-0.15, -0.1) is 0 Å². The lowest BCUT2D eigenvalue weighted by Crippen LogP contribution is -2.62. The molecule has 0 spiro atoms. The molecule has 4 unspecified atom stereocenters. The van der Waals surface area contributed by atoms with Crippen molar-refractivity contribution < 1.29 is 34.8 Å². The number of aromatic nitrogens is 1. The van der Waals surface area contributed by atoms with Crippen LogP contribution in [-0.2, 0) is 29.0 Å². The van der Waals surface area contributed by atoms with E-state index < -0.39 is 47.3 Å². The van der Waals surface area contributed by atoms with Crippen molar-refractivity contribution in [2.75, 3.05) is 14.1 Å². The summed E-state index contributed by atoms with van der Waals surface area (Å²) in [7, 11) is 3.40. The number of aromatic hydroxyl groups is 1. The van der Waals surface area contributed by atoms with Crippen LogP contribution in [-0.4, -0.2) is 73.6 Å². The Morgan fingerprint density at radius 2 is 1.87 bits per heavy atom. The van der Waals surface area contributed by atoms with Crippen molar-refractivity contribution in [2.24, 2.45) is 23.5 Å². The van der Waals surface area contributed by atoms with Crippen LogP contribution in [0.5, 0.6) is 5.75 Å². The van der Waals surface area contributed by atoms with Gasteiger partial charge in [-0.25, -0.2) is 0 Å². The van der Waals surface area contributed by atoms with E-state index in [1.165, 1.54) is 25.5 Å². The molecule has 6 rings (SSSR count). The fourth-order valence-corrected chi connectivity index (χ4v) is 8.51. The van der Waals surface area contributed by atoms with E-state index in [1.807, 2.05) is 6.07 Å². The van der Waals surface area contributed by atoms with Crippen molar-refractivity contribution in [3.05, 3.63) is 75.3 Å². The number of aliphatic hydroxyl groups is 3. The topological polar surface area (TPSA) is 186 Å². The minimum Gasteiger partial charge on any atom is -0.510 e. The smallest absolute Gasteiger partial charge is 0.253 e. The molecule has 1 aromatic carbocycles. The van der Waals surface area contributed by atoms with Crippen LogP contribution in [0.3, 0.4) is 0 Å². The molecular weight excluding hydrogens is 600 g/mol. The number of primary amides is 1. The zero-order valence-electron chi connectivity index (χ0n) is 27.0. The van der Waals surface area contributed by atoms with Crippen molar-refractivity contribution >= 4 is 23.4 Å². The maximum Gasteiger partial charge on any atom is 0.253 e. The number of carbonyl (C=O) groups excluding carboxylic acids is 3. The number of fused-ring (bicyclic) bond motifs is 3. The monoisotopic (exact) mass is 644 g/mol. The molecule has 4 atom stereocenters. The molecule has 2 saturated carbocycles. The van der Waals surface area contributed by atoms with Gasteiger partial charge in [0.05, 0.1) is 22.7 Å². The van der Waals surface area contributed by atoms with E-state index in [0.29, 0.717) is 29.9 Å². The number of hydrogen-bond acceptors (Lipinski definition) is 9. The SMILES string of the molecule is CN(C)C1C(O)=C(C(N)=O)CC2(O)C(=O)C3=C(O)c4c(O)c(CNC(=O)c5cccnc5)cc(CCC5CCCCC5)c4CC3CC12. The minimum absolute atomic E-state index is 0.00374. The number of nitrogens with one attached hydrogen (secondary N) is 1. The summed E-state index contributed by atoms with van der Waals surface area (Å²) >= 11 is 0. The highest BCUT2D eigenvalue weighted by Gasteiger charge is 2.60. The summed E-state index contributed by atoms with van der Waals surface area (Å²) in [5.41, 5.74) is 5.86. The molecule has 11 nitrogen and oxygen atoms in total. The van der Waals surface area contributed by atoms with Crippen LogP contribution in [0.25, 0.3) is 5.76 Å². The lowest BCUT2D eigenvalue weighted by Gasteiger charge is -2.51. The van der Waals surface area contributed by atoms with E-state index >= 15 is 0 Å². The first-order valence-corrected chi connectivity index (χ1v) is 16.6. The maximum absolute atomic E-state index is 14.3. The van der Waals surface area contributed by atoms with Gasteiger partial charge in [-0.05, 0) is 74.9 Å². The summed E-state index contributed by atoms with van der Waals surface area (Å²) in [6.07, 6.45) is 10.8. The van der Waals surface area contributed by atoms with Gasteiger partial charge in [0.1, 0.15) is 22.9 Å². The summed E-state index contributed by atoms with van der Waals surface area (Å²) in [6, 6.07) is 4.36. The summed E-state index contributed by atoms with van der Waals surface area (Å²) in [6.45, 7) is -0.0220. The molecule has 2 aromatic rings. The Bertz CT molecular complexity index is 1660. The number of nitrogens with two attached hydrogens (primary N) is 1. The van der Waals surface area contributed by atoms with Crippen molar-refractivity contribution in [3.63, 3.8) is 0 Å². The summed E-state index contributed by atoms with van der Waals surface area (Å²) in [5, 5.41) is 49.4. The number of likely N-dealkylation sites (N-methyl/N-ethyl adjacent to an activating group) is 1. The lowest BCUT2D eigenvalue weighted by molar-refractivity contribution is -0.151. The van der Waals surface area contributed by atoms with E-state index in [1.54, 1.807) is 37.3 Å². The second-order valence-corrected chi connectivity index (χ2v) is 13.9. The van der Waals surface area contributed by atoms with Gasteiger partial charge in [0.2, 0.25) is 5.91 Å². The van der Waals surface area contributed by atoms with Gasteiger partial charge < -0.3 is 31.5 Å². The Hall–Kier alpha value is -4.22. The van der Waals surface area contributed by atoms with Gasteiger partial charge in [0.25, 0.3) is 5.91 Å². The lowest BCUT2D eigenvalue weighted by atomic mass is 9.57. The largest absolute Gasteiger partial charge is 0.510 e. The molecule has 47 heavy (non-hydrogen) atoms. The second kappa shape index (κ2) is 12.8. The molecule has 0 aliphatic heterocycles.